The Morgan fingerprint density at radius 2 is 1.86 bits per heavy atom. The molecule has 1 unspecified atom stereocenters. The van der Waals surface area contributed by atoms with Gasteiger partial charge in [-0.15, -0.1) is 11.3 Å². The van der Waals surface area contributed by atoms with Crippen LogP contribution in [0.2, 0.25) is 0 Å². The zero-order valence-electron chi connectivity index (χ0n) is 17.0. The molecule has 0 radical (unpaired) electrons. The molecule has 0 saturated carbocycles. The monoisotopic (exact) mass is 408 g/mol. The number of aliphatic imine (C=N–C) groups is 1. The Labute approximate surface area is 176 Å². The van der Waals surface area contributed by atoms with Crippen LogP contribution in [0.25, 0.3) is 0 Å². The van der Waals surface area contributed by atoms with Crippen molar-refractivity contribution < 1.29 is 0 Å². The standard InChI is InChI=1S/C23H28N4OS/c1-18(14-21-6-5-13-29-21)15-25-23(24-2)26-16-19-8-10-20(11-9-19)17-27-12-4-3-7-22(27)28/h3-13,18H,14-17H2,1-2H3,(H2,24,25,26). The van der Waals surface area contributed by atoms with Crippen molar-refractivity contribution in [1.29, 1.82) is 0 Å². The van der Waals surface area contributed by atoms with Gasteiger partial charge in [-0.1, -0.05) is 43.3 Å². The largest absolute Gasteiger partial charge is 0.356 e. The molecule has 2 aromatic heterocycles. The van der Waals surface area contributed by atoms with Crippen molar-refractivity contribution >= 4 is 17.3 Å². The lowest BCUT2D eigenvalue weighted by Gasteiger charge is -2.16. The fraction of sp³-hybridized carbons (Fsp3) is 0.304. The van der Waals surface area contributed by atoms with Crippen LogP contribution >= 0.6 is 11.3 Å². The van der Waals surface area contributed by atoms with Crippen LogP contribution < -0.4 is 16.2 Å². The molecule has 0 spiro atoms. The number of benzene rings is 1. The minimum absolute atomic E-state index is 0.0152. The summed E-state index contributed by atoms with van der Waals surface area (Å²) in [6.07, 6.45) is 2.89. The maximum absolute atomic E-state index is 11.8. The second-order valence-electron chi connectivity index (χ2n) is 7.18. The first kappa shape index (κ1) is 20.9. The Morgan fingerprint density at radius 3 is 2.55 bits per heavy atom. The van der Waals surface area contributed by atoms with Gasteiger partial charge in [-0.3, -0.25) is 9.79 Å². The molecule has 2 N–H and O–H groups in total. The van der Waals surface area contributed by atoms with Crippen LogP contribution in [-0.2, 0) is 19.5 Å². The molecule has 0 fully saturated rings. The van der Waals surface area contributed by atoms with Gasteiger partial charge in [-0.2, -0.15) is 0 Å². The third kappa shape index (κ3) is 6.61. The minimum Gasteiger partial charge on any atom is -0.356 e. The highest BCUT2D eigenvalue weighted by Gasteiger charge is 2.06. The second-order valence-corrected chi connectivity index (χ2v) is 8.21. The minimum atomic E-state index is 0.0152. The smallest absolute Gasteiger partial charge is 0.250 e. The third-order valence-electron chi connectivity index (χ3n) is 4.71. The van der Waals surface area contributed by atoms with Gasteiger partial charge >= 0.3 is 0 Å². The zero-order chi connectivity index (χ0) is 20.5. The summed E-state index contributed by atoms with van der Waals surface area (Å²) in [5, 5.41) is 8.90. The molecule has 5 nitrogen and oxygen atoms in total. The Balaban J connectivity index is 1.45. The summed E-state index contributed by atoms with van der Waals surface area (Å²) in [5.74, 6) is 1.34. The van der Waals surface area contributed by atoms with Crippen molar-refractivity contribution in [2.75, 3.05) is 13.6 Å². The third-order valence-corrected chi connectivity index (χ3v) is 5.60. The lowest BCUT2D eigenvalue weighted by Crippen LogP contribution is -2.39. The molecule has 0 aliphatic rings. The topological polar surface area (TPSA) is 58.4 Å². The number of aromatic nitrogens is 1. The number of thiophene rings is 1. The van der Waals surface area contributed by atoms with E-state index in [9.17, 15) is 4.79 Å². The predicted molar refractivity (Wildman–Crippen MR) is 122 cm³/mol. The van der Waals surface area contributed by atoms with Crippen LogP contribution in [0.1, 0.15) is 22.9 Å². The number of hydrogen-bond donors (Lipinski definition) is 2. The van der Waals surface area contributed by atoms with E-state index >= 15 is 0 Å². The van der Waals surface area contributed by atoms with Gasteiger partial charge in [0.25, 0.3) is 5.56 Å². The van der Waals surface area contributed by atoms with E-state index in [1.54, 1.807) is 23.7 Å². The van der Waals surface area contributed by atoms with E-state index in [0.29, 0.717) is 19.0 Å². The average molecular weight is 409 g/mol. The molecule has 0 aliphatic carbocycles. The highest BCUT2D eigenvalue weighted by molar-refractivity contribution is 7.09. The molecule has 6 heteroatoms. The molecule has 2 heterocycles. The lowest BCUT2D eigenvalue weighted by molar-refractivity contribution is 0.562. The number of rotatable bonds is 8. The van der Waals surface area contributed by atoms with Gasteiger partial charge in [0.15, 0.2) is 5.96 Å². The Hall–Kier alpha value is -2.86. The van der Waals surface area contributed by atoms with E-state index < -0.39 is 0 Å². The van der Waals surface area contributed by atoms with Crippen LogP contribution in [0.5, 0.6) is 0 Å². The van der Waals surface area contributed by atoms with Crippen LogP contribution in [0, 0.1) is 5.92 Å². The van der Waals surface area contributed by atoms with Gasteiger partial charge in [0.1, 0.15) is 0 Å². The highest BCUT2D eigenvalue weighted by atomic mass is 32.1. The van der Waals surface area contributed by atoms with Gasteiger partial charge in [0, 0.05) is 37.3 Å². The van der Waals surface area contributed by atoms with E-state index in [1.165, 1.54) is 10.4 Å². The van der Waals surface area contributed by atoms with Crippen LogP contribution in [0.15, 0.2) is 76.0 Å². The molecule has 1 atom stereocenters. The molecule has 0 aliphatic heterocycles. The number of guanidine groups is 1. The van der Waals surface area contributed by atoms with Crippen LogP contribution in [-0.4, -0.2) is 24.1 Å². The van der Waals surface area contributed by atoms with E-state index in [4.69, 9.17) is 0 Å². The molecule has 3 aromatic rings. The number of nitrogens with one attached hydrogen (secondary N) is 2. The van der Waals surface area contributed by atoms with E-state index in [-0.39, 0.29) is 5.56 Å². The lowest BCUT2D eigenvalue weighted by atomic mass is 10.1. The zero-order valence-corrected chi connectivity index (χ0v) is 17.8. The van der Waals surface area contributed by atoms with Crippen molar-refractivity contribution in [3.63, 3.8) is 0 Å². The van der Waals surface area contributed by atoms with Gasteiger partial charge in [0.2, 0.25) is 0 Å². The highest BCUT2D eigenvalue weighted by Crippen LogP contribution is 2.13. The Kier molecular flexibility index (Phi) is 7.64. The SMILES string of the molecule is CN=C(NCc1ccc(Cn2ccccc2=O)cc1)NCC(C)Cc1cccs1. The molecule has 0 bridgehead atoms. The number of nitrogens with zero attached hydrogens (tertiary/aromatic N) is 2. The molecule has 29 heavy (non-hydrogen) atoms. The van der Waals surface area contributed by atoms with Crippen molar-refractivity contribution in [3.05, 3.63) is 92.5 Å². The van der Waals surface area contributed by atoms with Crippen molar-refractivity contribution in [1.82, 2.24) is 15.2 Å². The molecule has 3 rings (SSSR count). The number of pyridine rings is 1. The van der Waals surface area contributed by atoms with Crippen molar-refractivity contribution in [3.8, 4) is 0 Å². The quantitative estimate of drug-likeness (QED) is 0.443. The fourth-order valence-electron chi connectivity index (χ4n) is 3.07. The molecule has 0 saturated heterocycles. The van der Waals surface area contributed by atoms with E-state index in [0.717, 1.165) is 24.5 Å². The Morgan fingerprint density at radius 1 is 1.07 bits per heavy atom. The van der Waals surface area contributed by atoms with Crippen LogP contribution in [0.4, 0.5) is 0 Å². The van der Waals surface area contributed by atoms with Gasteiger partial charge in [0.05, 0.1) is 6.54 Å². The maximum Gasteiger partial charge on any atom is 0.250 e. The summed E-state index contributed by atoms with van der Waals surface area (Å²) in [6, 6.07) is 17.8. The summed E-state index contributed by atoms with van der Waals surface area (Å²) in [5.41, 5.74) is 2.29. The normalized spacial score (nSPS) is 12.6. The molecule has 152 valence electrons. The maximum atomic E-state index is 11.8. The Bertz CT molecular complexity index is 961. The second kappa shape index (κ2) is 10.6. The summed E-state index contributed by atoms with van der Waals surface area (Å²) >= 11 is 1.81. The predicted octanol–water partition coefficient (Wildman–Crippen LogP) is 3.50. The molecule has 1 aromatic carbocycles. The van der Waals surface area contributed by atoms with Crippen molar-refractivity contribution in [2.45, 2.75) is 26.4 Å². The first-order valence-electron chi connectivity index (χ1n) is 9.84. The van der Waals surface area contributed by atoms with Gasteiger partial charge in [-0.25, -0.2) is 0 Å². The van der Waals surface area contributed by atoms with E-state index in [2.05, 4.69) is 64.3 Å². The van der Waals surface area contributed by atoms with Crippen molar-refractivity contribution in [2.24, 2.45) is 10.9 Å². The average Bonchev–Trinajstić information content (AvgIpc) is 3.24. The molecule has 0 amide bonds. The summed E-state index contributed by atoms with van der Waals surface area (Å²) in [7, 11) is 1.79. The molecular formula is C23H28N4OS. The summed E-state index contributed by atoms with van der Waals surface area (Å²) in [4.78, 5) is 17.6. The fourth-order valence-corrected chi connectivity index (χ4v) is 3.94. The first-order valence-corrected chi connectivity index (χ1v) is 10.7. The first-order chi connectivity index (χ1) is 14.1. The number of hydrogen-bond acceptors (Lipinski definition) is 3. The van der Waals surface area contributed by atoms with Crippen LogP contribution in [0.3, 0.4) is 0 Å². The molecular weight excluding hydrogens is 380 g/mol. The van der Waals surface area contributed by atoms with Gasteiger partial charge < -0.3 is 15.2 Å². The van der Waals surface area contributed by atoms with Gasteiger partial charge in [-0.05, 0) is 41.0 Å². The van der Waals surface area contributed by atoms with E-state index in [1.807, 2.05) is 23.6 Å². The summed E-state index contributed by atoms with van der Waals surface area (Å²) in [6.45, 7) is 4.41. The summed E-state index contributed by atoms with van der Waals surface area (Å²) < 4.78 is 1.70.